The van der Waals surface area contributed by atoms with Crippen LogP contribution in [0.3, 0.4) is 0 Å². The zero-order valence-corrected chi connectivity index (χ0v) is 7.98. The SMILES string of the molecule is FC(F)(F)c1[nH]c(=S)ccc1Br. The van der Waals surface area contributed by atoms with Crippen LogP contribution in [0.2, 0.25) is 0 Å². The molecule has 0 aliphatic heterocycles. The summed E-state index contributed by atoms with van der Waals surface area (Å²) in [5, 5.41) is 0. The van der Waals surface area contributed by atoms with E-state index in [1.807, 2.05) is 0 Å². The zero-order valence-electron chi connectivity index (χ0n) is 5.57. The summed E-state index contributed by atoms with van der Waals surface area (Å²) in [5.74, 6) is 0. The molecule has 0 saturated heterocycles. The van der Waals surface area contributed by atoms with Crippen LogP contribution in [0.5, 0.6) is 0 Å². The first-order valence-electron chi connectivity index (χ1n) is 2.87. The minimum Gasteiger partial charge on any atom is -0.342 e. The van der Waals surface area contributed by atoms with Crippen molar-refractivity contribution in [3.05, 3.63) is 26.9 Å². The Bertz CT molecular complexity index is 343. The Morgan fingerprint density at radius 3 is 2.33 bits per heavy atom. The molecule has 0 fully saturated rings. The molecule has 0 unspecified atom stereocenters. The van der Waals surface area contributed by atoms with Crippen molar-refractivity contribution in [3.8, 4) is 0 Å². The van der Waals surface area contributed by atoms with Crippen molar-refractivity contribution in [2.24, 2.45) is 0 Å². The highest BCUT2D eigenvalue weighted by Crippen LogP contribution is 2.32. The molecular formula is C6H3BrF3NS. The number of pyridine rings is 1. The maximum atomic E-state index is 12.1. The van der Waals surface area contributed by atoms with Crippen molar-refractivity contribution >= 4 is 28.1 Å². The summed E-state index contributed by atoms with van der Waals surface area (Å²) < 4.78 is 36.4. The third-order valence-corrected chi connectivity index (χ3v) is 2.05. The van der Waals surface area contributed by atoms with E-state index in [-0.39, 0.29) is 9.11 Å². The summed E-state index contributed by atoms with van der Waals surface area (Å²) in [6.07, 6.45) is -4.40. The fourth-order valence-electron chi connectivity index (χ4n) is 0.663. The molecular weight excluding hydrogens is 255 g/mol. The lowest BCUT2D eigenvalue weighted by atomic mass is 10.3. The lowest BCUT2D eigenvalue weighted by Gasteiger charge is -2.07. The highest BCUT2D eigenvalue weighted by atomic mass is 79.9. The topological polar surface area (TPSA) is 15.8 Å². The standard InChI is InChI=1S/C6H3BrF3NS/c7-3-1-2-4(12)11-5(3)6(8,9)10/h1-2H,(H,11,12). The van der Waals surface area contributed by atoms with Crippen molar-refractivity contribution < 1.29 is 13.2 Å². The average molecular weight is 258 g/mol. The highest BCUT2D eigenvalue weighted by Gasteiger charge is 2.33. The number of halogens is 4. The van der Waals surface area contributed by atoms with Gasteiger partial charge >= 0.3 is 6.18 Å². The summed E-state index contributed by atoms with van der Waals surface area (Å²) in [6, 6.07) is 2.65. The van der Waals surface area contributed by atoms with Gasteiger partial charge in [0.2, 0.25) is 0 Å². The van der Waals surface area contributed by atoms with Crippen LogP contribution in [0, 0.1) is 4.64 Å². The molecule has 1 N–H and O–H groups in total. The monoisotopic (exact) mass is 257 g/mol. The van der Waals surface area contributed by atoms with Crippen molar-refractivity contribution in [2.45, 2.75) is 6.18 Å². The molecule has 12 heavy (non-hydrogen) atoms. The number of alkyl halides is 3. The summed E-state index contributed by atoms with van der Waals surface area (Å²) in [7, 11) is 0. The van der Waals surface area contributed by atoms with Gasteiger partial charge in [-0.2, -0.15) is 13.2 Å². The Morgan fingerprint density at radius 2 is 1.92 bits per heavy atom. The number of hydrogen-bond donors (Lipinski definition) is 1. The van der Waals surface area contributed by atoms with Crippen LogP contribution in [-0.2, 0) is 6.18 Å². The van der Waals surface area contributed by atoms with Gasteiger partial charge in [-0.05, 0) is 28.1 Å². The minimum atomic E-state index is -4.40. The second kappa shape index (κ2) is 3.18. The quantitative estimate of drug-likeness (QED) is 0.704. The van der Waals surface area contributed by atoms with E-state index in [1.54, 1.807) is 0 Å². The Hall–Kier alpha value is -0.360. The van der Waals surface area contributed by atoms with E-state index in [4.69, 9.17) is 0 Å². The lowest BCUT2D eigenvalue weighted by molar-refractivity contribution is -0.141. The maximum absolute atomic E-state index is 12.1. The molecule has 0 atom stereocenters. The molecule has 1 nitrogen and oxygen atoms in total. The first kappa shape index (κ1) is 9.73. The summed E-state index contributed by atoms with van der Waals surface area (Å²) in [5.41, 5.74) is -0.852. The van der Waals surface area contributed by atoms with Crippen LogP contribution in [0.4, 0.5) is 13.2 Å². The molecule has 0 amide bonds. The predicted molar refractivity (Wildman–Crippen MR) is 44.3 cm³/mol. The van der Waals surface area contributed by atoms with Crippen LogP contribution in [0.15, 0.2) is 16.6 Å². The van der Waals surface area contributed by atoms with Gasteiger partial charge in [0.15, 0.2) is 0 Å². The van der Waals surface area contributed by atoms with E-state index < -0.39 is 11.9 Å². The molecule has 0 aromatic carbocycles. The van der Waals surface area contributed by atoms with Gasteiger partial charge in [-0.3, -0.25) is 0 Å². The molecule has 6 heteroatoms. The number of hydrogen-bond acceptors (Lipinski definition) is 1. The third-order valence-electron chi connectivity index (χ3n) is 1.15. The molecule has 0 aliphatic rings. The first-order chi connectivity index (χ1) is 5.41. The van der Waals surface area contributed by atoms with Crippen molar-refractivity contribution in [3.63, 3.8) is 0 Å². The van der Waals surface area contributed by atoms with E-state index in [0.717, 1.165) is 0 Å². The fraction of sp³-hybridized carbons (Fsp3) is 0.167. The molecule has 0 bridgehead atoms. The summed E-state index contributed by atoms with van der Waals surface area (Å²) >= 11 is 7.32. The van der Waals surface area contributed by atoms with E-state index in [2.05, 4.69) is 33.1 Å². The van der Waals surface area contributed by atoms with Crippen LogP contribution >= 0.6 is 28.1 Å². The van der Waals surface area contributed by atoms with E-state index in [9.17, 15) is 13.2 Å². The number of nitrogens with one attached hydrogen (secondary N) is 1. The third kappa shape index (κ3) is 2.07. The Kier molecular flexibility index (Phi) is 2.58. The van der Waals surface area contributed by atoms with Gasteiger partial charge in [0.25, 0.3) is 0 Å². The number of H-pyrrole nitrogens is 1. The molecule has 1 aromatic rings. The van der Waals surface area contributed by atoms with Gasteiger partial charge in [0.05, 0.1) is 0 Å². The minimum absolute atomic E-state index is 0.0383. The number of aromatic amines is 1. The Balaban J connectivity index is 3.33. The van der Waals surface area contributed by atoms with Crippen LogP contribution in [0.1, 0.15) is 5.69 Å². The largest absolute Gasteiger partial charge is 0.432 e. The van der Waals surface area contributed by atoms with Crippen molar-refractivity contribution in [2.75, 3.05) is 0 Å². The van der Waals surface area contributed by atoms with Crippen molar-refractivity contribution in [1.29, 1.82) is 0 Å². The molecule has 66 valence electrons. The van der Waals surface area contributed by atoms with E-state index >= 15 is 0 Å². The Labute approximate surface area is 79.7 Å². The maximum Gasteiger partial charge on any atom is 0.432 e. The van der Waals surface area contributed by atoms with Crippen LogP contribution in [0.25, 0.3) is 0 Å². The van der Waals surface area contributed by atoms with Gasteiger partial charge in [-0.25, -0.2) is 0 Å². The lowest BCUT2D eigenvalue weighted by Crippen LogP contribution is -2.08. The highest BCUT2D eigenvalue weighted by molar-refractivity contribution is 9.10. The summed E-state index contributed by atoms with van der Waals surface area (Å²) in [4.78, 5) is 2.06. The summed E-state index contributed by atoms with van der Waals surface area (Å²) in [6.45, 7) is 0. The smallest absolute Gasteiger partial charge is 0.342 e. The van der Waals surface area contributed by atoms with Crippen LogP contribution < -0.4 is 0 Å². The van der Waals surface area contributed by atoms with Gasteiger partial charge in [0, 0.05) is 4.47 Å². The van der Waals surface area contributed by atoms with Crippen LogP contribution in [-0.4, -0.2) is 4.98 Å². The molecule has 0 spiro atoms. The van der Waals surface area contributed by atoms with Gasteiger partial charge in [-0.15, -0.1) is 0 Å². The molecule has 1 aromatic heterocycles. The van der Waals surface area contributed by atoms with Gasteiger partial charge in [-0.1, -0.05) is 12.2 Å². The molecule has 0 radical (unpaired) electrons. The molecule has 1 heterocycles. The molecule has 0 aliphatic carbocycles. The first-order valence-corrected chi connectivity index (χ1v) is 4.07. The van der Waals surface area contributed by atoms with E-state index in [0.29, 0.717) is 0 Å². The van der Waals surface area contributed by atoms with E-state index in [1.165, 1.54) is 12.1 Å². The Morgan fingerprint density at radius 1 is 1.33 bits per heavy atom. The zero-order chi connectivity index (χ0) is 9.35. The second-order valence-corrected chi connectivity index (χ2v) is 3.34. The normalized spacial score (nSPS) is 11.7. The second-order valence-electron chi connectivity index (χ2n) is 2.04. The molecule has 0 saturated carbocycles. The predicted octanol–water partition coefficient (Wildman–Crippen LogP) is 3.53. The fourth-order valence-corrected chi connectivity index (χ4v) is 1.29. The van der Waals surface area contributed by atoms with Crippen molar-refractivity contribution in [1.82, 2.24) is 4.98 Å². The molecule has 1 rings (SSSR count). The average Bonchev–Trinajstić information content (AvgIpc) is 1.92. The number of aromatic nitrogens is 1. The number of rotatable bonds is 0. The van der Waals surface area contributed by atoms with Gasteiger partial charge < -0.3 is 4.98 Å². The van der Waals surface area contributed by atoms with Gasteiger partial charge in [0.1, 0.15) is 10.3 Å².